The minimum Gasteiger partial charge on any atom is -0.269 e. The molecule has 0 spiro atoms. The zero-order chi connectivity index (χ0) is 19.6. The van der Waals surface area contributed by atoms with Gasteiger partial charge < -0.3 is 0 Å². The second-order valence-corrected chi connectivity index (χ2v) is 7.15. The number of azo groups is 1. The van der Waals surface area contributed by atoms with Gasteiger partial charge in [-0.3, -0.25) is 14.6 Å². The average Bonchev–Trinajstić information content (AvgIpc) is 2.93. The summed E-state index contributed by atoms with van der Waals surface area (Å²) in [7, 11) is -3.81. The zero-order valence-electron chi connectivity index (χ0n) is 14.1. The van der Waals surface area contributed by atoms with Gasteiger partial charge in [0.2, 0.25) is 10.0 Å². The summed E-state index contributed by atoms with van der Waals surface area (Å²) in [5.74, 6) is -1.21. The second-order valence-electron chi connectivity index (χ2n) is 5.59. The SMILES string of the molecule is CC1=NN(C(=O)c2ccncc2)C(=O)C1N=Nc1ccc(S(N)(=O)=O)cc1. The van der Waals surface area contributed by atoms with Crippen LogP contribution in [0.25, 0.3) is 0 Å². The molecule has 11 heteroatoms. The highest BCUT2D eigenvalue weighted by Gasteiger charge is 2.38. The summed E-state index contributed by atoms with van der Waals surface area (Å²) >= 11 is 0. The highest BCUT2D eigenvalue weighted by Crippen LogP contribution is 2.20. The van der Waals surface area contributed by atoms with Crippen molar-refractivity contribution in [2.24, 2.45) is 20.5 Å². The van der Waals surface area contributed by atoms with E-state index in [1.807, 2.05) is 0 Å². The van der Waals surface area contributed by atoms with Gasteiger partial charge >= 0.3 is 0 Å². The van der Waals surface area contributed by atoms with Crippen LogP contribution in [0.15, 0.2) is 69.0 Å². The summed E-state index contributed by atoms with van der Waals surface area (Å²) in [6.07, 6.45) is 2.87. The molecule has 0 saturated carbocycles. The van der Waals surface area contributed by atoms with E-state index in [1.54, 1.807) is 6.92 Å². The van der Waals surface area contributed by atoms with Crippen molar-refractivity contribution in [2.45, 2.75) is 17.9 Å². The molecule has 0 saturated heterocycles. The summed E-state index contributed by atoms with van der Waals surface area (Å²) in [6.45, 7) is 1.56. The molecular weight excluding hydrogens is 372 g/mol. The van der Waals surface area contributed by atoms with E-state index in [4.69, 9.17) is 5.14 Å². The molecule has 2 aromatic rings. The molecule has 0 radical (unpaired) electrons. The lowest BCUT2D eigenvalue weighted by atomic mass is 10.2. The maximum absolute atomic E-state index is 12.5. The van der Waals surface area contributed by atoms with Crippen LogP contribution in [-0.4, -0.2) is 42.0 Å². The van der Waals surface area contributed by atoms with Gasteiger partial charge in [0.1, 0.15) is 0 Å². The number of primary sulfonamides is 1. The lowest BCUT2D eigenvalue weighted by Crippen LogP contribution is -2.34. The van der Waals surface area contributed by atoms with Crippen molar-refractivity contribution in [3.63, 3.8) is 0 Å². The quantitative estimate of drug-likeness (QED) is 0.620. The third-order valence-electron chi connectivity index (χ3n) is 3.67. The average molecular weight is 386 g/mol. The van der Waals surface area contributed by atoms with Gasteiger partial charge in [-0.05, 0) is 43.3 Å². The number of hydrazone groups is 1. The number of nitrogens with zero attached hydrogens (tertiary/aromatic N) is 5. The van der Waals surface area contributed by atoms with Crippen LogP contribution < -0.4 is 5.14 Å². The predicted molar refractivity (Wildman–Crippen MR) is 94.6 cm³/mol. The topological polar surface area (TPSA) is 148 Å². The highest BCUT2D eigenvalue weighted by molar-refractivity contribution is 7.89. The number of rotatable bonds is 4. The van der Waals surface area contributed by atoms with Gasteiger partial charge in [0.05, 0.1) is 16.3 Å². The third-order valence-corrected chi connectivity index (χ3v) is 4.60. The fourth-order valence-electron chi connectivity index (χ4n) is 2.28. The molecule has 3 rings (SSSR count). The largest absolute Gasteiger partial charge is 0.282 e. The number of hydrogen-bond donors (Lipinski definition) is 1. The number of benzene rings is 1. The molecule has 0 aliphatic carbocycles. The first kappa shape index (κ1) is 18.5. The Bertz CT molecular complexity index is 1050. The molecule has 2 heterocycles. The van der Waals surface area contributed by atoms with Crippen molar-refractivity contribution in [3.05, 3.63) is 54.4 Å². The fourth-order valence-corrected chi connectivity index (χ4v) is 2.79. The van der Waals surface area contributed by atoms with E-state index in [-0.39, 0.29) is 10.5 Å². The van der Waals surface area contributed by atoms with Crippen LogP contribution in [-0.2, 0) is 14.8 Å². The molecule has 1 atom stereocenters. The molecule has 27 heavy (non-hydrogen) atoms. The Kier molecular flexibility index (Phi) is 4.88. The van der Waals surface area contributed by atoms with E-state index in [9.17, 15) is 18.0 Å². The molecule has 0 bridgehead atoms. The van der Waals surface area contributed by atoms with Crippen LogP contribution in [0.5, 0.6) is 0 Å². The van der Waals surface area contributed by atoms with Crippen LogP contribution in [0.2, 0.25) is 0 Å². The molecule has 10 nitrogen and oxygen atoms in total. The van der Waals surface area contributed by atoms with Crippen LogP contribution in [0.1, 0.15) is 17.3 Å². The van der Waals surface area contributed by atoms with Crippen LogP contribution in [0.3, 0.4) is 0 Å². The molecule has 1 aromatic heterocycles. The van der Waals surface area contributed by atoms with Crippen molar-refractivity contribution in [1.82, 2.24) is 9.99 Å². The van der Waals surface area contributed by atoms with Crippen LogP contribution in [0, 0.1) is 0 Å². The Balaban J connectivity index is 1.77. The van der Waals surface area contributed by atoms with Crippen molar-refractivity contribution >= 4 is 33.2 Å². The van der Waals surface area contributed by atoms with Crippen molar-refractivity contribution < 1.29 is 18.0 Å². The first-order valence-corrected chi connectivity index (χ1v) is 9.19. The Morgan fingerprint density at radius 1 is 1.15 bits per heavy atom. The van der Waals surface area contributed by atoms with E-state index in [2.05, 4.69) is 20.3 Å². The smallest absolute Gasteiger partial charge is 0.269 e. The monoisotopic (exact) mass is 386 g/mol. The van der Waals surface area contributed by atoms with Gasteiger partial charge in [0.25, 0.3) is 11.8 Å². The number of amides is 2. The number of aromatic nitrogens is 1. The highest BCUT2D eigenvalue weighted by atomic mass is 32.2. The van der Waals surface area contributed by atoms with Gasteiger partial charge in [-0.25, -0.2) is 13.6 Å². The molecule has 2 amide bonds. The Hall–Kier alpha value is -3.31. The maximum Gasteiger partial charge on any atom is 0.282 e. The molecule has 0 fully saturated rings. The maximum atomic E-state index is 12.5. The number of hydrogen-bond acceptors (Lipinski definition) is 8. The number of nitrogens with two attached hydrogens (primary N) is 1. The molecule has 1 aliphatic rings. The fraction of sp³-hybridized carbons (Fsp3) is 0.125. The zero-order valence-corrected chi connectivity index (χ0v) is 14.9. The summed E-state index contributed by atoms with van der Waals surface area (Å²) < 4.78 is 22.5. The lowest BCUT2D eigenvalue weighted by Gasteiger charge is -2.10. The van der Waals surface area contributed by atoms with Gasteiger partial charge in [0.15, 0.2) is 6.04 Å². The minimum atomic E-state index is -3.81. The lowest BCUT2D eigenvalue weighted by molar-refractivity contribution is -0.127. The number of carbonyl (C=O) groups is 2. The molecule has 138 valence electrons. The van der Waals surface area contributed by atoms with E-state index in [1.165, 1.54) is 48.8 Å². The molecule has 2 N–H and O–H groups in total. The normalized spacial score (nSPS) is 17.4. The van der Waals surface area contributed by atoms with Crippen molar-refractivity contribution in [3.8, 4) is 0 Å². The van der Waals surface area contributed by atoms with Gasteiger partial charge in [-0.15, -0.1) is 0 Å². The second kappa shape index (κ2) is 7.13. The summed E-state index contributed by atoms with van der Waals surface area (Å²) in [4.78, 5) is 28.6. The van der Waals surface area contributed by atoms with E-state index in [0.717, 1.165) is 5.01 Å². The van der Waals surface area contributed by atoms with Gasteiger partial charge in [0, 0.05) is 18.0 Å². The molecule has 1 aliphatic heterocycles. The summed E-state index contributed by atoms with van der Waals surface area (Å²) in [5.41, 5.74) is 0.903. The van der Waals surface area contributed by atoms with E-state index < -0.39 is 27.9 Å². The Morgan fingerprint density at radius 3 is 2.37 bits per heavy atom. The Labute approximate surface area is 154 Å². The third kappa shape index (κ3) is 3.93. The first-order chi connectivity index (χ1) is 12.8. The first-order valence-electron chi connectivity index (χ1n) is 7.64. The van der Waals surface area contributed by atoms with Crippen molar-refractivity contribution in [1.29, 1.82) is 0 Å². The van der Waals surface area contributed by atoms with E-state index in [0.29, 0.717) is 11.4 Å². The van der Waals surface area contributed by atoms with Gasteiger partial charge in [-0.1, -0.05) is 0 Å². The van der Waals surface area contributed by atoms with Crippen LogP contribution in [0.4, 0.5) is 5.69 Å². The van der Waals surface area contributed by atoms with Gasteiger partial charge in [-0.2, -0.15) is 20.3 Å². The summed E-state index contributed by atoms with van der Waals surface area (Å²) in [6, 6.07) is 7.27. The molecule has 1 unspecified atom stereocenters. The number of carbonyl (C=O) groups excluding carboxylic acids is 2. The standard InChI is InChI=1S/C16H14N6O4S/c1-10-14(20-19-12-2-4-13(5-3-12)27(17,25)26)16(24)22(21-10)15(23)11-6-8-18-9-7-11/h2-9,14H,1H3,(H2,17,25,26). The van der Waals surface area contributed by atoms with Crippen molar-refractivity contribution in [2.75, 3.05) is 0 Å². The molecule has 1 aromatic carbocycles. The summed E-state index contributed by atoms with van der Waals surface area (Å²) in [5, 5.41) is 17.6. The van der Waals surface area contributed by atoms with Crippen LogP contribution >= 0.6 is 0 Å². The predicted octanol–water partition coefficient (Wildman–Crippen LogP) is 1.24. The number of sulfonamides is 1. The minimum absolute atomic E-state index is 0.0646. The number of pyridine rings is 1. The number of imide groups is 1. The van der Waals surface area contributed by atoms with E-state index >= 15 is 0 Å². The molecular formula is C16H14N6O4S. The Morgan fingerprint density at radius 2 is 1.78 bits per heavy atom.